The molecule has 2 rings (SSSR count). The van der Waals surface area contributed by atoms with Crippen molar-refractivity contribution in [2.45, 2.75) is 69.9 Å². The highest BCUT2D eigenvalue weighted by molar-refractivity contribution is 4.95. The van der Waals surface area contributed by atoms with Gasteiger partial charge in [-0.2, -0.15) is 0 Å². The second-order valence-electron chi connectivity index (χ2n) is 5.88. The van der Waals surface area contributed by atoms with E-state index in [-0.39, 0.29) is 11.8 Å². The van der Waals surface area contributed by atoms with E-state index in [1.807, 2.05) is 0 Å². The Labute approximate surface area is 111 Å². The van der Waals surface area contributed by atoms with Crippen LogP contribution in [0.5, 0.6) is 0 Å². The van der Waals surface area contributed by atoms with Crippen LogP contribution in [0.3, 0.4) is 0 Å². The largest absolute Gasteiger partial charge is 0.347 e. The second-order valence-corrected chi connectivity index (χ2v) is 5.88. The van der Waals surface area contributed by atoms with Gasteiger partial charge < -0.3 is 15.2 Å². The van der Waals surface area contributed by atoms with Gasteiger partial charge in [0.05, 0.1) is 13.2 Å². The molecule has 0 amide bonds. The number of ether oxygens (including phenoxy) is 2. The zero-order valence-electron chi connectivity index (χ0n) is 12.0. The van der Waals surface area contributed by atoms with Crippen molar-refractivity contribution in [3.63, 3.8) is 0 Å². The summed E-state index contributed by atoms with van der Waals surface area (Å²) in [6.07, 6.45) is 5.28. The summed E-state index contributed by atoms with van der Waals surface area (Å²) in [6.45, 7) is 5.98. The van der Waals surface area contributed by atoms with Crippen LogP contribution in [0.15, 0.2) is 0 Å². The molecule has 3 atom stereocenters. The van der Waals surface area contributed by atoms with Gasteiger partial charge in [0.1, 0.15) is 0 Å². The SMILES string of the molecule is CCCC(C)N(C)C1CC2(CCC1N)OCCO2. The van der Waals surface area contributed by atoms with Crippen molar-refractivity contribution in [1.29, 1.82) is 0 Å². The molecule has 106 valence electrons. The van der Waals surface area contributed by atoms with Gasteiger partial charge in [-0.3, -0.25) is 4.90 Å². The molecule has 4 heteroatoms. The van der Waals surface area contributed by atoms with E-state index in [2.05, 4.69) is 25.8 Å². The number of hydrogen-bond acceptors (Lipinski definition) is 4. The van der Waals surface area contributed by atoms with Crippen LogP contribution < -0.4 is 5.73 Å². The Bertz CT molecular complexity index is 267. The summed E-state index contributed by atoms with van der Waals surface area (Å²) in [5, 5.41) is 0. The van der Waals surface area contributed by atoms with Gasteiger partial charge >= 0.3 is 0 Å². The molecule has 18 heavy (non-hydrogen) atoms. The Morgan fingerprint density at radius 2 is 2.06 bits per heavy atom. The maximum atomic E-state index is 6.31. The van der Waals surface area contributed by atoms with Crippen LogP contribution in [0.1, 0.15) is 46.0 Å². The maximum Gasteiger partial charge on any atom is 0.170 e. The van der Waals surface area contributed by atoms with Crippen LogP contribution in [0.25, 0.3) is 0 Å². The lowest BCUT2D eigenvalue weighted by molar-refractivity contribution is -0.192. The number of nitrogens with two attached hydrogens (primary N) is 1. The van der Waals surface area contributed by atoms with Gasteiger partial charge in [-0.15, -0.1) is 0 Å². The highest BCUT2D eigenvalue weighted by atomic mass is 16.7. The Morgan fingerprint density at radius 3 is 2.67 bits per heavy atom. The van der Waals surface area contributed by atoms with E-state index in [4.69, 9.17) is 15.2 Å². The average molecular weight is 256 g/mol. The summed E-state index contributed by atoms with van der Waals surface area (Å²) in [5.41, 5.74) is 6.31. The molecule has 2 fully saturated rings. The van der Waals surface area contributed by atoms with Crippen molar-refractivity contribution in [3.8, 4) is 0 Å². The first-order valence-corrected chi connectivity index (χ1v) is 7.33. The Kier molecular flexibility index (Phi) is 4.64. The van der Waals surface area contributed by atoms with Crippen LogP contribution in [-0.2, 0) is 9.47 Å². The summed E-state index contributed by atoms with van der Waals surface area (Å²) < 4.78 is 11.7. The van der Waals surface area contributed by atoms with Gasteiger partial charge in [-0.1, -0.05) is 13.3 Å². The molecule has 2 aliphatic rings. The van der Waals surface area contributed by atoms with Crippen molar-refractivity contribution in [1.82, 2.24) is 4.90 Å². The van der Waals surface area contributed by atoms with E-state index in [0.717, 1.165) is 32.5 Å². The van der Waals surface area contributed by atoms with E-state index in [9.17, 15) is 0 Å². The zero-order chi connectivity index (χ0) is 13.2. The molecule has 0 aromatic heterocycles. The molecule has 0 aromatic carbocycles. The molecule has 1 saturated heterocycles. The second kappa shape index (κ2) is 5.87. The highest BCUT2D eigenvalue weighted by Gasteiger charge is 2.45. The summed E-state index contributed by atoms with van der Waals surface area (Å²) >= 11 is 0. The normalized spacial score (nSPS) is 33.2. The first-order chi connectivity index (χ1) is 8.58. The van der Waals surface area contributed by atoms with Crippen molar-refractivity contribution in [2.24, 2.45) is 5.73 Å². The lowest BCUT2D eigenvalue weighted by Crippen LogP contribution is -2.57. The third kappa shape index (κ3) is 2.87. The predicted octanol–water partition coefficient (Wildman–Crippen LogP) is 1.73. The molecule has 1 aliphatic carbocycles. The molecule has 0 radical (unpaired) electrons. The van der Waals surface area contributed by atoms with Gasteiger partial charge in [-0.25, -0.2) is 0 Å². The third-order valence-electron chi connectivity index (χ3n) is 4.61. The van der Waals surface area contributed by atoms with Crippen LogP contribution in [0.4, 0.5) is 0 Å². The molecular formula is C14H28N2O2. The van der Waals surface area contributed by atoms with Crippen molar-refractivity contribution < 1.29 is 9.47 Å². The molecule has 0 bridgehead atoms. The van der Waals surface area contributed by atoms with E-state index in [1.165, 1.54) is 12.8 Å². The zero-order valence-corrected chi connectivity index (χ0v) is 12.0. The molecule has 1 heterocycles. The predicted molar refractivity (Wildman–Crippen MR) is 72.4 cm³/mol. The summed E-state index contributed by atoms with van der Waals surface area (Å²) in [6, 6.07) is 1.19. The highest BCUT2D eigenvalue weighted by Crippen LogP contribution is 2.37. The van der Waals surface area contributed by atoms with Gasteiger partial charge in [0.15, 0.2) is 5.79 Å². The van der Waals surface area contributed by atoms with Crippen LogP contribution in [0.2, 0.25) is 0 Å². The first kappa shape index (κ1) is 14.3. The van der Waals surface area contributed by atoms with E-state index >= 15 is 0 Å². The molecule has 1 saturated carbocycles. The van der Waals surface area contributed by atoms with Crippen LogP contribution in [0, 0.1) is 0 Å². The Hall–Kier alpha value is -0.160. The fraction of sp³-hybridized carbons (Fsp3) is 1.00. The first-order valence-electron chi connectivity index (χ1n) is 7.33. The summed E-state index contributed by atoms with van der Waals surface area (Å²) in [5.74, 6) is -0.333. The minimum Gasteiger partial charge on any atom is -0.347 e. The van der Waals surface area contributed by atoms with Crippen LogP contribution in [-0.4, -0.2) is 49.1 Å². The van der Waals surface area contributed by atoms with Gasteiger partial charge in [0.25, 0.3) is 0 Å². The molecular weight excluding hydrogens is 228 g/mol. The van der Waals surface area contributed by atoms with Gasteiger partial charge in [-0.05, 0) is 26.8 Å². The number of likely N-dealkylation sites (N-methyl/N-ethyl adjacent to an activating group) is 1. The Balaban J connectivity index is 2.00. The smallest absolute Gasteiger partial charge is 0.170 e. The maximum absolute atomic E-state index is 6.31. The lowest BCUT2D eigenvalue weighted by atomic mass is 9.84. The van der Waals surface area contributed by atoms with E-state index in [0.29, 0.717) is 12.1 Å². The molecule has 1 spiro atoms. The van der Waals surface area contributed by atoms with Crippen molar-refractivity contribution in [2.75, 3.05) is 20.3 Å². The standard InChI is InChI=1S/C14H28N2O2/c1-4-5-11(2)16(3)13-10-14(7-6-12(13)15)17-8-9-18-14/h11-13H,4-10,15H2,1-3H3. The average Bonchev–Trinajstić information content (AvgIpc) is 2.81. The minimum absolute atomic E-state index is 0.243. The molecule has 0 aromatic rings. The number of rotatable bonds is 4. The molecule has 2 N–H and O–H groups in total. The fourth-order valence-electron chi connectivity index (χ4n) is 3.30. The number of hydrogen-bond donors (Lipinski definition) is 1. The fourth-order valence-corrected chi connectivity index (χ4v) is 3.30. The molecule has 1 aliphatic heterocycles. The third-order valence-corrected chi connectivity index (χ3v) is 4.61. The monoisotopic (exact) mass is 256 g/mol. The van der Waals surface area contributed by atoms with Crippen molar-refractivity contribution in [3.05, 3.63) is 0 Å². The molecule has 4 nitrogen and oxygen atoms in total. The summed E-state index contributed by atoms with van der Waals surface area (Å²) in [4.78, 5) is 2.43. The Morgan fingerprint density at radius 1 is 1.39 bits per heavy atom. The quantitative estimate of drug-likeness (QED) is 0.832. The minimum atomic E-state index is -0.333. The van der Waals surface area contributed by atoms with Crippen LogP contribution >= 0.6 is 0 Å². The number of nitrogens with zero attached hydrogens (tertiary/aromatic N) is 1. The van der Waals surface area contributed by atoms with E-state index < -0.39 is 0 Å². The van der Waals surface area contributed by atoms with Gasteiger partial charge in [0, 0.05) is 31.0 Å². The molecule has 3 unspecified atom stereocenters. The topological polar surface area (TPSA) is 47.7 Å². The lowest BCUT2D eigenvalue weighted by Gasteiger charge is -2.45. The van der Waals surface area contributed by atoms with Gasteiger partial charge in [0.2, 0.25) is 0 Å². The summed E-state index contributed by atoms with van der Waals surface area (Å²) in [7, 11) is 2.19. The van der Waals surface area contributed by atoms with E-state index in [1.54, 1.807) is 0 Å². The van der Waals surface area contributed by atoms with Crippen molar-refractivity contribution >= 4 is 0 Å².